The molecule has 2 N–H and O–H groups in total. The number of methoxy groups -OCH3 is 1. The molecule has 0 aliphatic carbocycles. The Balaban J connectivity index is 2.05. The number of rotatable bonds is 7. The van der Waals surface area contributed by atoms with E-state index in [2.05, 4.69) is 56.8 Å². The minimum atomic E-state index is 0.296. The first-order valence-electron chi connectivity index (χ1n) is 7.10. The van der Waals surface area contributed by atoms with Crippen molar-refractivity contribution in [1.82, 2.24) is 15.0 Å². The van der Waals surface area contributed by atoms with E-state index in [9.17, 15) is 0 Å². The molecule has 0 saturated heterocycles. The van der Waals surface area contributed by atoms with Gasteiger partial charge in [-0.3, -0.25) is 0 Å². The van der Waals surface area contributed by atoms with E-state index in [0.29, 0.717) is 24.5 Å². The number of benzene rings is 1. The molecule has 0 amide bonds. The van der Waals surface area contributed by atoms with E-state index >= 15 is 0 Å². The summed E-state index contributed by atoms with van der Waals surface area (Å²) in [5.41, 5.74) is 2.51. The van der Waals surface area contributed by atoms with Gasteiger partial charge in [-0.2, -0.15) is 15.0 Å². The van der Waals surface area contributed by atoms with Crippen molar-refractivity contribution in [2.75, 3.05) is 24.3 Å². The average Bonchev–Trinajstić information content (AvgIpc) is 2.53. The number of aryl methyl sites for hydroxylation is 1. The molecule has 2 rings (SSSR count). The van der Waals surface area contributed by atoms with Gasteiger partial charge < -0.3 is 15.4 Å². The number of nitrogens with zero attached hydrogens (tertiary/aromatic N) is 3. The van der Waals surface area contributed by atoms with Crippen LogP contribution >= 0.6 is 0 Å². The summed E-state index contributed by atoms with van der Waals surface area (Å²) < 4.78 is 5.08. The Labute approximate surface area is 125 Å². The van der Waals surface area contributed by atoms with Crippen molar-refractivity contribution in [3.8, 4) is 6.01 Å². The van der Waals surface area contributed by atoms with Crippen molar-refractivity contribution >= 4 is 11.9 Å². The first-order chi connectivity index (χ1) is 10.2. The van der Waals surface area contributed by atoms with Crippen LogP contribution in [0.1, 0.15) is 25.0 Å². The van der Waals surface area contributed by atoms with Gasteiger partial charge in [-0.15, -0.1) is 0 Å². The normalized spacial score (nSPS) is 10.2. The summed E-state index contributed by atoms with van der Waals surface area (Å²) in [5, 5.41) is 6.24. The minimum absolute atomic E-state index is 0.296. The van der Waals surface area contributed by atoms with Crippen LogP contribution in [0.3, 0.4) is 0 Å². The molecule has 1 aromatic carbocycles. The average molecular weight is 287 g/mol. The Bertz CT molecular complexity index is 571. The van der Waals surface area contributed by atoms with Gasteiger partial charge in [-0.05, 0) is 24.5 Å². The van der Waals surface area contributed by atoms with Crippen molar-refractivity contribution < 1.29 is 4.74 Å². The van der Waals surface area contributed by atoms with Gasteiger partial charge in [0.1, 0.15) is 0 Å². The van der Waals surface area contributed by atoms with Gasteiger partial charge >= 0.3 is 6.01 Å². The lowest BCUT2D eigenvalue weighted by atomic mass is 10.1. The molecule has 0 spiro atoms. The summed E-state index contributed by atoms with van der Waals surface area (Å²) in [6.07, 6.45) is 1.05. The summed E-state index contributed by atoms with van der Waals surface area (Å²) in [5.74, 6) is 1.01. The van der Waals surface area contributed by atoms with E-state index in [1.165, 1.54) is 18.2 Å². The van der Waals surface area contributed by atoms with Gasteiger partial charge in [0.15, 0.2) is 0 Å². The predicted molar refractivity (Wildman–Crippen MR) is 83.7 cm³/mol. The largest absolute Gasteiger partial charge is 0.467 e. The molecular weight excluding hydrogens is 266 g/mol. The van der Waals surface area contributed by atoms with Crippen molar-refractivity contribution in [1.29, 1.82) is 0 Å². The van der Waals surface area contributed by atoms with Gasteiger partial charge in [0.25, 0.3) is 0 Å². The lowest BCUT2D eigenvalue weighted by Crippen LogP contribution is -2.10. The molecular formula is C15H21N5O. The summed E-state index contributed by atoms with van der Waals surface area (Å²) >= 11 is 0. The second-order valence-electron chi connectivity index (χ2n) is 4.52. The predicted octanol–water partition coefficient (Wildman–Crippen LogP) is 2.49. The summed E-state index contributed by atoms with van der Waals surface area (Å²) in [7, 11) is 1.54. The summed E-state index contributed by atoms with van der Waals surface area (Å²) in [4.78, 5) is 12.6. The Morgan fingerprint density at radius 2 is 1.52 bits per heavy atom. The van der Waals surface area contributed by atoms with Crippen LogP contribution in [-0.2, 0) is 13.0 Å². The maximum atomic E-state index is 5.08. The quantitative estimate of drug-likeness (QED) is 0.815. The van der Waals surface area contributed by atoms with E-state index in [4.69, 9.17) is 4.74 Å². The van der Waals surface area contributed by atoms with Gasteiger partial charge in [0.05, 0.1) is 7.11 Å². The Morgan fingerprint density at radius 3 is 2.10 bits per heavy atom. The lowest BCUT2D eigenvalue weighted by Gasteiger charge is -2.09. The Morgan fingerprint density at radius 1 is 0.905 bits per heavy atom. The fourth-order valence-corrected chi connectivity index (χ4v) is 1.84. The first kappa shape index (κ1) is 15.0. The van der Waals surface area contributed by atoms with Gasteiger partial charge in [0, 0.05) is 13.1 Å². The lowest BCUT2D eigenvalue weighted by molar-refractivity contribution is 0.379. The molecule has 2 aromatic rings. The molecule has 6 heteroatoms. The van der Waals surface area contributed by atoms with Crippen LogP contribution in [-0.4, -0.2) is 28.6 Å². The van der Waals surface area contributed by atoms with Crippen molar-refractivity contribution in [2.24, 2.45) is 0 Å². The molecule has 0 fully saturated rings. The van der Waals surface area contributed by atoms with Crippen LogP contribution < -0.4 is 15.4 Å². The molecule has 0 bridgehead atoms. The van der Waals surface area contributed by atoms with E-state index < -0.39 is 0 Å². The second kappa shape index (κ2) is 7.42. The molecule has 0 aliphatic heterocycles. The van der Waals surface area contributed by atoms with Crippen LogP contribution in [0.2, 0.25) is 0 Å². The van der Waals surface area contributed by atoms with Gasteiger partial charge in [-0.25, -0.2) is 0 Å². The highest BCUT2D eigenvalue weighted by molar-refractivity contribution is 5.36. The molecule has 0 aliphatic rings. The van der Waals surface area contributed by atoms with Gasteiger partial charge in [0.2, 0.25) is 11.9 Å². The number of anilines is 2. The van der Waals surface area contributed by atoms with E-state index in [0.717, 1.165) is 13.0 Å². The first-order valence-corrected chi connectivity index (χ1v) is 7.10. The van der Waals surface area contributed by atoms with Crippen molar-refractivity contribution in [3.63, 3.8) is 0 Å². The molecule has 0 radical (unpaired) electrons. The molecule has 21 heavy (non-hydrogen) atoms. The number of hydrogen-bond acceptors (Lipinski definition) is 6. The third-order valence-corrected chi connectivity index (χ3v) is 3.01. The zero-order valence-electron chi connectivity index (χ0n) is 12.7. The molecule has 0 saturated carbocycles. The third-order valence-electron chi connectivity index (χ3n) is 3.01. The number of hydrogen-bond donors (Lipinski definition) is 2. The fraction of sp³-hybridized carbons (Fsp3) is 0.400. The zero-order valence-corrected chi connectivity index (χ0v) is 12.7. The number of nitrogens with one attached hydrogen (secondary N) is 2. The SMILES string of the molecule is CCNc1nc(NCc2ccc(CC)cc2)nc(OC)n1. The molecule has 112 valence electrons. The topological polar surface area (TPSA) is 72.0 Å². The highest BCUT2D eigenvalue weighted by atomic mass is 16.5. The van der Waals surface area contributed by atoms with E-state index in [1.807, 2.05) is 6.92 Å². The van der Waals surface area contributed by atoms with Crippen LogP contribution in [0.25, 0.3) is 0 Å². The number of aromatic nitrogens is 3. The summed E-state index contributed by atoms with van der Waals surface area (Å²) in [6.45, 7) is 5.53. The minimum Gasteiger partial charge on any atom is -0.467 e. The molecule has 6 nitrogen and oxygen atoms in total. The highest BCUT2D eigenvalue weighted by Crippen LogP contribution is 2.12. The molecule has 0 unspecified atom stereocenters. The Hall–Kier alpha value is -2.37. The standard InChI is InChI=1S/C15H21N5O/c1-4-11-6-8-12(9-7-11)10-17-14-18-13(16-5-2)19-15(20-14)21-3/h6-9H,4-5,10H2,1-3H3,(H2,16,17,18,19,20). The Kier molecular flexibility index (Phi) is 5.31. The smallest absolute Gasteiger partial charge is 0.322 e. The summed E-state index contributed by atoms with van der Waals surface area (Å²) in [6, 6.07) is 8.78. The number of ether oxygens (including phenoxy) is 1. The van der Waals surface area contributed by atoms with Crippen molar-refractivity contribution in [2.45, 2.75) is 26.8 Å². The molecule has 1 aromatic heterocycles. The van der Waals surface area contributed by atoms with E-state index in [-0.39, 0.29) is 0 Å². The fourth-order valence-electron chi connectivity index (χ4n) is 1.84. The second-order valence-corrected chi connectivity index (χ2v) is 4.52. The van der Waals surface area contributed by atoms with Crippen LogP contribution in [0.15, 0.2) is 24.3 Å². The maximum absolute atomic E-state index is 5.08. The van der Waals surface area contributed by atoms with Crippen LogP contribution in [0, 0.1) is 0 Å². The molecule has 0 atom stereocenters. The van der Waals surface area contributed by atoms with E-state index in [1.54, 1.807) is 0 Å². The third kappa shape index (κ3) is 4.30. The monoisotopic (exact) mass is 287 g/mol. The molecule has 1 heterocycles. The van der Waals surface area contributed by atoms with Crippen molar-refractivity contribution in [3.05, 3.63) is 35.4 Å². The van der Waals surface area contributed by atoms with Crippen LogP contribution in [0.4, 0.5) is 11.9 Å². The zero-order chi connectivity index (χ0) is 15.1. The van der Waals surface area contributed by atoms with Gasteiger partial charge in [-0.1, -0.05) is 31.2 Å². The van der Waals surface area contributed by atoms with Crippen LogP contribution in [0.5, 0.6) is 6.01 Å². The highest BCUT2D eigenvalue weighted by Gasteiger charge is 2.06. The maximum Gasteiger partial charge on any atom is 0.322 e.